The van der Waals surface area contributed by atoms with E-state index in [4.69, 9.17) is 5.73 Å². The Bertz CT molecular complexity index is 503. The SMILES string of the molecule is Cc1nc(CS(C)(=O)=O)nc(C)c1CC(C)CN. The molecule has 0 spiro atoms. The highest BCUT2D eigenvalue weighted by molar-refractivity contribution is 7.89. The van der Waals surface area contributed by atoms with E-state index in [0.717, 1.165) is 23.4 Å². The molecule has 0 fully saturated rings. The van der Waals surface area contributed by atoms with Crippen LogP contribution in [0.4, 0.5) is 0 Å². The summed E-state index contributed by atoms with van der Waals surface area (Å²) >= 11 is 0. The molecule has 0 amide bonds. The lowest BCUT2D eigenvalue weighted by Gasteiger charge is -2.14. The van der Waals surface area contributed by atoms with Gasteiger partial charge in [0.05, 0.1) is 0 Å². The minimum atomic E-state index is -3.10. The van der Waals surface area contributed by atoms with Gasteiger partial charge >= 0.3 is 0 Å². The van der Waals surface area contributed by atoms with Crippen LogP contribution in [0.1, 0.15) is 29.7 Å². The van der Waals surface area contributed by atoms with Crippen molar-refractivity contribution in [1.82, 2.24) is 9.97 Å². The summed E-state index contributed by atoms with van der Waals surface area (Å²) in [7, 11) is -3.10. The van der Waals surface area contributed by atoms with Gasteiger partial charge in [0.25, 0.3) is 0 Å². The highest BCUT2D eigenvalue weighted by Crippen LogP contribution is 2.15. The first-order valence-electron chi connectivity index (χ1n) is 5.93. The molecule has 1 heterocycles. The van der Waals surface area contributed by atoms with Gasteiger partial charge in [-0.1, -0.05) is 6.92 Å². The van der Waals surface area contributed by atoms with E-state index in [9.17, 15) is 8.42 Å². The minimum Gasteiger partial charge on any atom is -0.330 e. The lowest BCUT2D eigenvalue weighted by molar-refractivity contribution is 0.583. The number of aryl methyl sites for hydroxylation is 2. The zero-order valence-electron chi connectivity index (χ0n) is 11.4. The molecule has 1 rings (SSSR count). The molecule has 0 saturated heterocycles. The normalized spacial score (nSPS) is 13.6. The van der Waals surface area contributed by atoms with Crippen LogP contribution in [-0.2, 0) is 22.0 Å². The van der Waals surface area contributed by atoms with Gasteiger partial charge in [-0.3, -0.25) is 0 Å². The van der Waals surface area contributed by atoms with E-state index >= 15 is 0 Å². The maximum atomic E-state index is 11.2. The minimum absolute atomic E-state index is 0.110. The Morgan fingerprint density at radius 2 is 1.72 bits per heavy atom. The van der Waals surface area contributed by atoms with E-state index < -0.39 is 9.84 Å². The van der Waals surface area contributed by atoms with Crippen LogP contribution in [0.2, 0.25) is 0 Å². The Morgan fingerprint density at radius 3 is 2.11 bits per heavy atom. The molecule has 0 aliphatic heterocycles. The number of sulfone groups is 1. The summed E-state index contributed by atoms with van der Waals surface area (Å²) in [6, 6.07) is 0. The van der Waals surface area contributed by atoms with E-state index in [0.29, 0.717) is 18.3 Å². The van der Waals surface area contributed by atoms with Crippen molar-refractivity contribution in [2.75, 3.05) is 12.8 Å². The topological polar surface area (TPSA) is 85.9 Å². The van der Waals surface area contributed by atoms with Gasteiger partial charge in [0.15, 0.2) is 9.84 Å². The lowest BCUT2D eigenvalue weighted by Crippen LogP contribution is -2.16. The third kappa shape index (κ3) is 4.34. The molecule has 0 saturated carbocycles. The van der Waals surface area contributed by atoms with E-state index in [1.54, 1.807) is 0 Å². The number of hydrogen-bond acceptors (Lipinski definition) is 5. The van der Waals surface area contributed by atoms with Gasteiger partial charge in [-0.25, -0.2) is 18.4 Å². The average Bonchev–Trinajstić information content (AvgIpc) is 2.20. The van der Waals surface area contributed by atoms with Crippen molar-refractivity contribution in [1.29, 1.82) is 0 Å². The first-order chi connectivity index (χ1) is 8.23. The van der Waals surface area contributed by atoms with Gasteiger partial charge in [0, 0.05) is 17.6 Å². The smallest absolute Gasteiger partial charge is 0.154 e. The van der Waals surface area contributed by atoms with Gasteiger partial charge in [0.2, 0.25) is 0 Å². The Morgan fingerprint density at radius 1 is 1.22 bits per heavy atom. The number of rotatable bonds is 5. The summed E-state index contributed by atoms with van der Waals surface area (Å²) < 4.78 is 22.5. The highest BCUT2D eigenvalue weighted by atomic mass is 32.2. The molecule has 0 aromatic carbocycles. The first-order valence-corrected chi connectivity index (χ1v) is 7.99. The molecule has 5 nitrogen and oxygen atoms in total. The van der Waals surface area contributed by atoms with E-state index in [1.165, 1.54) is 6.26 Å². The first kappa shape index (κ1) is 15.0. The Labute approximate surface area is 109 Å². The standard InChI is InChI=1S/C12H21N3O2S/c1-8(6-13)5-11-9(2)14-12(15-10(11)3)7-18(4,16)17/h8H,5-7,13H2,1-4H3. The molecule has 6 heteroatoms. The quantitative estimate of drug-likeness (QED) is 0.855. The molecule has 0 aliphatic rings. The predicted molar refractivity (Wildman–Crippen MR) is 72.0 cm³/mol. The second-order valence-corrected chi connectivity index (χ2v) is 7.04. The molecule has 1 aromatic rings. The fourth-order valence-electron chi connectivity index (χ4n) is 1.84. The summed E-state index contributed by atoms with van der Waals surface area (Å²) in [5.41, 5.74) is 8.38. The fraction of sp³-hybridized carbons (Fsp3) is 0.667. The van der Waals surface area contributed by atoms with Crippen LogP contribution in [0.3, 0.4) is 0 Å². The maximum absolute atomic E-state index is 11.2. The van der Waals surface area contributed by atoms with E-state index in [-0.39, 0.29) is 5.75 Å². The largest absolute Gasteiger partial charge is 0.330 e. The second-order valence-electron chi connectivity index (χ2n) is 4.90. The molecule has 0 radical (unpaired) electrons. The van der Waals surface area contributed by atoms with Crippen molar-refractivity contribution in [3.05, 3.63) is 22.8 Å². The van der Waals surface area contributed by atoms with E-state index in [2.05, 4.69) is 16.9 Å². The highest BCUT2D eigenvalue weighted by Gasteiger charge is 2.14. The van der Waals surface area contributed by atoms with Gasteiger partial charge in [-0.2, -0.15) is 0 Å². The molecule has 102 valence electrons. The van der Waals surface area contributed by atoms with Crippen LogP contribution < -0.4 is 5.73 Å². The Kier molecular flexibility index (Phi) is 4.81. The van der Waals surface area contributed by atoms with Crippen molar-refractivity contribution < 1.29 is 8.42 Å². The van der Waals surface area contributed by atoms with Gasteiger partial charge in [0.1, 0.15) is 11.6 Å². The fourth-order valence-corrected chi connectivity index (χ4v) is 2.43. The predicted octanol–water partition coefficient (Wildman–Crippen LogP) is 0.775. The van der Waals surface area contributed by atoms with Crippen LogP contribution in [0.15, 0.2) is 0 Å². The number of nitrogens with zero attached hydrogens (tertiary/aromatic N) is 2. The maximum Gasteiger partial charge on any atom is 0.154 e. The summed E-state index contributed by atoms with van der Waals surface area (Å²) in [5, 5.41) is 0. The molecule has 1 unspecified atom stereocenters. The third-order valence-electron chi connectivity index (χ3n) is 2.81. The van der Waals surface area contributed by atoms with Crippen molar-refractivity contribution in [3.63, 3.8) is 0 Å². The molecule has 18 heavy (non-hydrogen) atoms. The zero-order chi connectivity index (χ0) is 13.9. The number of hydrogen-bond donors (Lipinski definition) is 1. The second kappa shape index (κ2) is 5.75. The molecular weight excluding hydrogens is 250 g/mol. The molecule has 1 aromatic heterocycles. The number of nitrogens with two attached hydrogens (primary N) is 1. The van der Waals surface area contributed by atoms with Crippen LogP contribution in [0.25, 0.3) is 0 Å². The summed E-state index contributed by atoms with van der Waals surface area (Å²) in [5.74, 6) is 0.630. The molecule has 2 N–H and O–H groups in total. The van der Waals surface area contributed by atoms with Crippen LogP contribution >= 0.6 is 0 Å². The zero-order valence-corrected chi connectivity index (χ0v) is 12.2. The van der Waals surface area contributed by atoms with Gasteiger partial charge in [-0.15, -0.1) is 0 Å². The number of aromatic nitrogens is 2. The van der Waals surface area contributed by atoms with Crippen molar-refractivity contribution in [2.24, 2.45) is 11.7 Å². The lowest BCUT2D eigenvalue weighted by atomic mass is 9.99. The van der Waals surface area contributed by atoms with Crippen molar-refractivity contribution in [3.8, 4) is 0 Å². The van der Waals surface area contributed by atoms with Crippen molar-refractivity contribution >= 4 is 9.84 Å². The molecule has 1 atom stereocenters. The van der Waals surface area contributed by atoms with Crippen LogP contribution in [0.5, 0.6) is 0 Å². The van der Waals surface area contributed by atoms with Gasteiger partial charge < -0.3 is 5.73 Å². The third-order valence-corrected chi connectivity index (χ3v) is 3.60. The summed E-state index contributed by atoms with van der Waals surface area (Å²) in [6.45, 7) is 6.46. The Hall–Kier alpha value is -1.01. The Balaban J connectivity index is 3.05. The van der Waals surface area contributed by atoms with E-state index in [1.807, 2.05) is 13.8 Å². The van der Waals surface area contributed by atoms with Gasteiger partial charge in [-0.05, 0) is 38.3 Å². The van der Waals surface area contributed by atoms with Crippen molar-refractivity contribution in [2.45, 2.75) is 32.9 Å². The molecular formula is C12H21N3O2S. The molecule has 0 aliphatic carbocycles. The van der Waals surface area contributed by atoms with Crippen LogP contribution in [0, 0.1) is 19.8 Å². The van der Waals surface area contributed by atoms with Crippen LogP contribution in [-0.4, -0.2) is 31.2 Å². The monoisotopic (exact) mass is 271 g/mol. The average molecular weight is 271 g/mol. The molecule has 0 bridgehead atoms. The summed E-state index contributed by atoms with van der Waals surface area (Å²) in [6.07, 6.45) is 2.01. The summed E-state index contributed by atoms with van der Waals surface area (Å²) in [4.78, 5) is 8.55.